The normalized spacial score (nSPS) is 11.1. The monoisotopic (exact) mass is 336 g/mol. The summed E-state index contributed by atoms with van der Waals surface area (Å²) in [5, 5.41) is 2.28. The van der Waals surface area contributed by atoms with Crippen molar-refractivity contribution in [3.8, 4) is 5.75 Å². The van der Waals surface area contributed by atoms with E-state index in [4.69, 9.17) is 20.8 Å². The minimum absolute atomic E-state index is 0.347. The first-order chi connectivity index (χ1) is 11.6. The van der Waals surface area contributed by atoms with E-state index in [0.29, 0.717) is 16.3 Å². The number of carbonyl (C=O) groups excluding carboxylic acids is 1. The van der Waals surface area contributed by atoms with Crippen molar-refractivity contribution in [1.82, 2.24) is 0 Å². The highest BCUT2D eigenvalue weighted by molar-refractivity contribution is 6.33. The van der Waals surface area contributed by atoms with Crippen molar-refractivity contribution < 1.29 is 13.9 Å². The Balaban J connectivity index is 1.71. The maximum Gasteiger partial charge on any atom is 0.345 e. The van der Waals surface area contributed by atoms with Gasteiger partial charge in [-0.3, -0.25) is 0 Å². The standard InChI is InChI=1S/C20H13ClO3/c1-12-6-8-15(17(21)10-12)20(22)23-13-7-9-19-16(11-13)14-4-2-3-5-18(14)24-19/h2-11H,1H3. The van der Waals surface area contributed by atoms with Crippen molar-refractivity contribution >= 4 is 39.5 Å². The Kier molecular flexibility index (Phi) is 3.51. The molecule has 1 aromatic heterocycles. The first kappa shape index (κ1) is 14.8. The van der Waals surface area contributed by atoms with Crippen LogP contribution in [-0.2, 0) is 0 Å². The van der Waals surface area contributed by atoms with Crippen molar-refractivity contribution in [3.63, 3.8) is 0 Å². The molecule has 0 bridgehead atoms. The van der Waals surface area contributed by atoms with Gasteiger partial charge in [0.1, 0.15) is 16.9 Å². The van der Waals surface area contributed by atoms with Crippen LogP contribution in [0.2, 0.25) is 5.02 Å². The van der Waals surface area contributed by atoms with E-state index in [1.807, 2.05) is 37.3 Å². The molecule has 0 saturated heterocycles. The number of esters is 1. The molecule has 0 N–H and O–H groups in total. The highest BCUT2D eigenvalue weighted by atomic mass is 35.5. The Morgan fingerprint density at radius 3 is 2.58 bits per heavy atom. The average molecular weight is 337 g/mol. The van der Waals surface area contributed by atoms with Gasteiger partial charge >= 0.3 is 5.97 Å². The molecule has 1 heterocycles. The molecule has 3 nitrogen and oxygen atoms in total. The van der Waals surface area contributed by atoms with Gasteiger partial charge in [-0.15, -0.1) is 0 Å². The molecule has 0 atom stereocenters. The van der Waals surface area contributed by atoms with Gasteiger partial charge in [0, 0.05) is 10.8 Å². The number of halogens is 1. The molecule has 118 valence electrons. The molecule has 0 spiro atoms. The van der Waals surface area contributed by atoms with Crippen LogP contribution in [0.3, 0.4) is 0 Å². The number of carbonyl (C=O) groups is 1. The quantitative estimate of drug-likeness (QED) is 0.345. The van der Waals surface area contributed by atoms with Crippen molar-refractivity contribution in [3.05, 3.63) is 76.8 Å². The molecule has 4 aromatic rings. The van der Waals surface area contributed by atoms with Crippen LogP contribution in [0.1, 0.15) is 15.9 Å². The van der Waals surface area contributed by atoms with Crippen LogP contribution < -0.4 is 4.74 Å². The van der Waals surface area contributed by atoms with Gasteiger partial charge in [0.25, 0.3) is 0 Å². The fourth-order valence-corrected chi connectivity index (χ4v) is 3.03. The molecule has 0 fully saturated rings. The summed E-state index contributed by atoms with van der Waals surface area (Å²) in [6.45, 7) is 1.92. The smallest absolute Gasteiger partial charge is 0.345 e. The zero-order valence-corrected chi connectivity index (χ0v) is 13.6. The molecule has 0 aliphatic rings. The van der Waals surface area contributed by atoms with E-state index in [-0.39, 0.29) is 0 Å². The number of fused-ring (bicyclic) bond motifs is 3. The van der Waals surface area contributed by atoms with E-state index in [1.165, 1.54) is 0 Å². The number of para-hydroxylation sites is 1. The summed E-state index contributed by atoms with van der Waals surface area (Å²) >= 11 is 6.13. The molecule has 0 saturated carbocycles. The molecule has 0 aliphatic heterocycles. The number of hydrogen-bond donors (Lipinski definition) is 0. The molecule has 0 amide bonds. The Bertz CT molecular complexity index is 1080. The van der Waals surface area contributed by atoms with Gasteiger partial charge in [0.05, 0.1) is 10.6 Å². The highest BCUT2D eigenvalue weighted by Gasteiger charge is 2.14. The molecular weight excluding hydrogens is 324 g/mol. The van der Waals surface area contributed by atoms with Crippen molar-refractivity contribution in [1.29, 1.82) is 0 Å². The zero-order chi connectivity index (χ0) is 16.7. The van der Waals surface area contributed by atoms with Gasteiger partial charge in [-0.25, -0.2) is 4.79 Å². The van der Waals surface area contributed by atoms with Crippen LogP contribution in [0.5, 0.6) is 5.75 Å². The topological polar surface area (TPSA) is 39.4 Å². The second-order valence-electron chi connectivity index (χ2n) is 5.63. The second kappa shape index (κ2) is 5.69. The molecule has 0 aliphatic carbocycles. The molecule has 24 heavy (non-hydrogen) atoms. The Morgan fingerprint density at radius 2 is 1.75 bits per heavy atom. The average Bonchev–Trinajstić information content (AvgIpc) is 2.93. The van der Waals surface area contributed by atoms with Crippen LogP contribution in [-0.4, -0.2) is 5.97 Å². The van der Waals surface area contributed by atoms with Gasteiger partial charge in [-0.1, -0.05) is 35.9 Å². The lowest BCUT2D eigenvalue weighted by atomic mass is 10.1. The van der Waals surface area contributed by atoms with E-state index in [0.717, 1.165) is 27.5 Å². The lowest BCUT2D eigenvalue weighted by Gasteiger charge is -2.06. The molecule has 4 rings (SSSR count). The van der Waals surface area contributed by atoms with E-state index in [9.17, 15) is 4.79 Å². The zero-order valence-electron chi connectivity index (χ0n) is 12.9. The third-order valence-corrected chi connectivity index (χ3v) is 4.22. The Morgan fingerprint density at radius 1 is 0.958 bits per heavy atom. The molecule has 0 unspecified atom stereocenters. The van der Waals surface area contributed by atoms with Crippen LogP contribution in [0.4, 0.5) is 0 Å². The number of hydrogen-bond acceptors (Lipinski definition) is 3. The Labute approximate surface area is 143 Å². The lowest BCUT2D eigenvalue weighted by molar-refractivity contribution is 0.0735. The summed E-state index contributed by atoms with van der Waals surface area (Å²) in [7, 11) is 0. The van der Waals surface area contributed by atoms with Gasteiger partial charge in [-0.2, -0.15) is 0 Å². The van der Waals surface area contributed by atoms with Crippen LogP contribution in [0, 0.1) is 6.92 Å². The van der Waals surface area contributed by atoms with Crippen LogP contribution in [0.25, 0.3) is 21.9 Å². The SMILES string of the molecule is Cc1ccc(C(=O)Oc2ccc3oc4ccccc4c3c2)c(Cl)c1. The minimum Gasteiger partial charge on any atom is -0.456 e. The largest absolute Gasteiger partial charge is 0.456 e. The highest BCUT2D eigenvalue weighted by Crippen LogP contribution is 2.31. The fourth-order valence-electron chi connectivity index (χ4n) is 2.72. The third kappa shape index (κ3) is 2.53. The lowest BCUT2D eigenvalue weighted by Crippen LogP contribution is -2.09. The molecule has 4 heteroatoms. The summed E-state index contributed by atoms with van der Waals surface area (Å²) in [4.78, 5) is 12.4. The maximum atomic E-state index is 12.4. The summed E-state index contributed by atoms with van der Waals surface area (Å²) in [5.41, 5.74) is 2.89. The summed E-state index contributed by atoms with van der Waals surface area (Å²) < 4.78 is 11.3. The fraction of sp³-hybridized carbons (Fsp3) is 0.0500. The number of ether oxygens (including phenoxy) is 1. The predicted octanol–water partition coefficient (Wildman–Crippen LogP) is 5.77. The second-order valence-corrected chi connectivity index (χ2v) is 6.04. The number of benzene rings is 3. The third-order valence-electron chi connectivity index (χ3n) is 3.90. The van der Waals surface area contributed by atoms with Gasteiger partial charge in [0.2, 0.25) is 0 Å². The number of furan rings is 1. The summed E-state index contributed by atoms with van der Waals surface area (Å²) in [6, 6.07) is 18.3. The minimum atomic E-state index is -0.479. The molecule has 3 aromatic carbocycles. The Hall–Kier alpha value is -2.78. The van der Waals surface area contributed by atoms with Gasteiger partial charge in [-0.05, 0) is 48.9 Å². The van der Waals surface area contributed by atoms with Crippen LogP contribution in [0.15, 0.2) is 65.1 Å². The maximum absolute atomic E-state index is 12.4. The van der Waals surface area contributed by atoms with Crippen molar-refractivity contribution in [2.75, 3.05) is 0 Å². The van der Waals surface area contributed by atoms with E-state index in [1.54, 1.807) is 30.3 Å². The molecular formula is C20H13ClO3. The van der Waals surface area contributed by atoms with E-state index >= 15 is 0 Å². The van der Waals surface area contributed by atoms with Crippen LogP contribution >= 0.6 is 11.6 Å². The van der Waals surface area contributed by atoms with Gasteiger partial charge in [0.15, 0.2) is 0 Å². The van der Waals surface area contributed by atoms with Gasteiger partial charge < -0.3 is 9.15 Å². The first-order valence-corrected chi connectivity index (χ1v) is 7.89. The van der Waals surface area contributed by atoms with Crippen molar-refractivity contribution in [2.45, 2.75) is 6.92 Å². The summed E-state index contributed by atoms with van der Waals surface area (Å²) in [6.07, 6.45) is 0. The molecule has 0 radical (unpaired) electrons. The van der Waals surface area contributed by atoms with E-state index in [2.05, 4.69) is 0 Å². The predicted molar refractivity (Wildman–Crippen MR) is 94.9 cm³/mol. The number of rotatable bonds is 2. The van der Waals surface area contributed by atoms with E-state index < -0.39 is 5.97 Å². The first-order valence-electron chi connectivity index (χ1n) is 7.51. The number of aryl methyl sites for hydroxylation is 1. The van der Waals surface area contributed by atoms with Crippen molar-refractivity contribution in [2.24, 2.45) is 0 Å². The summed E-state index contributed by atoms with van der Waals surface area (Å²) in [5.74, 6) is -0.0251.